The summed E-state index contributed by atoms with van der Waals surface area (Å²) in [6, 6.07) is 23.2. The number of hydrogen-bond donors (Lipinski definition) is 0. The van der Waals surface area contributed by atoms with Crippen LogP contribution in [0.2, 0.25) is 0 Å². The van der Waals surface area contributed by atoms with Crippen molar-refractivity contribution in [3.8, 4) is 34.1 Å². The number of anilines is 2. The number of fused-ring (bicyclic) bond motifs is 2. The van der Waals surface area contributed by atoms with Gasteiger partial charge in [-0.2, -0.15) is 10.5 Å². The second-order valence-corrected chi connectivity index (χ2v) is 11.8. The molecule has 0 saturated carbocycles. The maximum atomic E-state index is 9.34. The predicted octanol–water partition coefficient (Wildman–Crippen LogP) is 9.56. The number of nitriles is 2. The molecule has 2 aromatic carbocycles. The fourth-order valence-corrected chi connectivity index (χ4v) is 6.13. The third-order valence-corrected chi connectivity index (χ3v) is 8.09. The van der Waals surface area contributed by atoms with Gasteiger partial charge in [0, 0.05) is 16.3 Å². The lowest BCUT2D eigenvalue weighted by Gasteiger charge is -2.33. The van der Waals surface area contributed by atoms with Gasteiger partial charge in [-0.1, -0.05) is 57.5 Å². The van der Waals surface area contributed by atoms with Crippen LogP contribution in [-0.4, -0.2) is 6.54 Å². The minimum atomic E-state index is 0.01000. The van der Waals surface area contributed by atoms with Crippen LogP contribution in [0.1, 0.15) is 51.3 Å². The van der Waals surface area contributed by atoms with Crippen molar-refractivity contribution in [3.63, 3.8) is 0 Å². The summed E-state index contributed by atoms with van der Waals surface area (Å²) in [6.45, 7) is 7.55. The molecular formula is C33H31N3OS. The van der Waals surface area contributed by atoms with E-state index in [0.717, 1.165) is 76.7 Å². The van der Waals surface area contributed by atoms with E-state index in [1.807, 2.05) is 18.2 Å². The van der Waals surface area contributed by atoms with Crippen LogP contribution >= 0.6 is 11.3 Å². The van der Waals surface area contributed by atoms with E-state index in [-0.39, 0.29) is 11.0 Å². The van der Waals surface area contributed by atoms with Crippen LogP contribution in [0, 0.1) is 28.1 Å². The average Bonchev–Trinajstić information content (AvgIpc) is 3.39. The smallest absolute Gasteiger partial charge is 0.151 e. The minimum absolute atomic E-state index is 0.01000. The zero-order chi connectivity index (χ0) is 26.7. The van der Waals surface area contributed by atoms with Gasteiger partial charge in [-0.3, -0.25) is 0 Å². The second-order valence-electron chi connectivity index (χ2n) is 10.7. The van der Waals surface area contributed by atoms with Crippen LogP contribution in [-0.2, 0) is 0 Å². The SMILES string of the molecule is CCCCN1c2ccccc2Oc2cc(-c3ccc(/C=C/C4=CC(=C(C#N)C#N)CC(C)(C)C4)s3)ccc21. The maximum Gasteiger partial charge on any atom is 0.151 e. The van der Waals surface area contributed by atoms with Gasteiger partial charge in [0.2, 0.25) is 0 Å². The predicted molar refractivity (Wildman–Crippen MR) is 157 cm³/mol. The normalized spacial score (nSPS) is 15.7. The number of hydrogen-bond acceptors (Lipinski definition) is 5. The number of para-hydroxylation sites is 2. The summed E-state index contributed by atoms with van der Waals surface area (Å²) in [4.78, 5) is 4.71. The van der Waals surface area contributed by atoms with Gasteiger partial charge in [0.05, 0.1) is 11.4 Å². The Labute approximate surface area is 229 Å². The summed E-state index contributed by atoms with van der Waals surface area (Å²) in [5, 5.41) is 18.7. The Hall–Kier alpha value is -4.06. The Balaban J connectivity index is 1.40. The number of ether oxygens (including phenoxy) is 1. The number of allylic oxidation sites excluding steroid dienone is 5. The molecule has 0 unspecified atom stereocenters. The van der Waals surface area contributed by atoms with Gasteiger partial charge >= 0.3 is 0 Å². The molecule has 1 aliphatic carbocycles. The number of nitrogens with zero attached hydrogens (tertiary/aromatic N) is 3. The summed E-state index contributed by atoms with van der Waals surface area (Å²) in [5.74, 6) is 1.79. The molecule has 0 N–H and O–H groups in total. The van der Waals surface area contributed by atoms with Crippen LogP contribution in [0.3, 0.4) is 0 Å². The van der Waals surface area contributed by atoms with E-state index in [0.29, 0.717) is 0 Å². The Kier molecular flexibility index (Phi) is 7.23. The molecule has 0 bridgehead atoms. The Morgan fingerprint density at radius 3 is 2.58 bits per heavy atom. The minimum Gasteiger partial charge on any atom is -0.453 e. The highest BCUT2D eigenvalue weighted by Gasteiger charge is 2.27. The molecule has 0 atom stereocenters. The monoisotopic (exact) mass is 517 g/mol. The Bertz CT molecular complexity index is 1520. The first-order valence-electron chi connectivity index (χ1n) is 13.1. The zero-order valence-corrected chi connectivity index (χ0v) is 22.9. The van der Waals surface area contributed by atoms with E-state index in [4.69, 9.17) is 4.74 Å². The summed E-state index contributed by atoms with van der Waals surface area (Å²) < 4.78 is 6.34. The van der Waals surface area contributed by atoms with Gasteiger partial charge in [0.15, 0.2) is 11.5 Å². The summed E-state index contributed by atoms with van der Waals surface area (Å²) in [7, 11) is 0. The van der Waals surface area contributed by atoms with Crippen molar-refractivity contribution in [1.29, 1.82) is 10.5 Å². The van der Waals surface area contributed by atoms with Crippen LogP contribution in [0.4, 0.5) is 11.4 Å². The molecule has 5 rings (SSSR count). The van der Waals surface area contributed by atoms with E-state index < -0.39 is 0 Å². The molecule has 0 fully saturated rings. The topological polar surface area (TPSA) is 60.0 Å². The molecule has 0 amide bonds. The lowest BCUT2D eigenvalue weighted by molar-refractivity contribution is 0.354. The van der Waals surface area contributed by atoms with E-state index in [9.17, 15) is 10.5 Å². The highest BCUT2D eigenvalue weighted by molar-refractivity contribution is 7.16. The molecule has 4 nitrogen and oxygen atoms in total. The van der Waals surface area contributed by atoms with Crippen molar-refractivity contribution < 1.29 is 4.74 Å². The molecule has 2 aliphatic rings. The molecule has 38 heavy (non-hydrogen) atoms. The Morgan fingerprint density at radius 2 is 1.79 bits per heavy atom. The molecule has 1 aliphatic heterocycles. The average molecular weight is 518 g/mol. The van der Waals surface area contributed by atoms with E-state index >= 15 is 0 Å². The molecule has 5 heteroatoms. The van der Waals surface area contributed by atoms with E-state index in [1.54, 1.807) is 11.3 Å². The lowest BCUT2D eigenvalue weighted by Crippen LogP contribution is -2.22. The van der Waals surface area contributed by atoms with Crippen molar-refractivity contribution in [2.24, 2.45) is 5.41 Å². The zero-order valence-electron chi connectivity index (χ0n) is 22.1. The first-order chi connectivity index (χ1) is 18.4. The molecule has 190 valence electrons. The summed E-state index contributed by atoms with van der Waals surface area (Å²) >= 11 is 1.74. The largest absolute Gasteiger partial charge is 0.453 e. The number of thiophene rings is 1. The van der Waals surface area contributed by atoms with Gasteiger partial charge < -0.3 is 9.64 Å². The van der Waals surface area contributed by atoms with Gasteiger partial charge in [0.25, 0.3) is 0 Å². The van der Waals surface area contributed by atoms with Crippen LogP contribution in [0.5, 0.6) is 11.5 Å². The van der Waals surface area contributed by atoms with Crippen molar-refractivity contribution in [1.82, 2.24) is 0 Å². The van der Waals surface area contributed by atoms with Crippen LogP contribution < -0.4 is 9.64 Å². The Morgan fingerprint density at radius 1 is 1.00 bits per heavy atom. The molecular weight excluding hydrogens is 486 g/mol. The van der Waals surface area contributed by atoms with Crippen molar-refractivity contribution in [2.75, 3.05) is 11.4 Å². The first kappa shape index (κ1) is 25.6. The van der Waals surface area contributed by atoms with Crippen molar-refractivity contribution in [3.05, 3.63) is 88.3 Å². The molecule has 0 spiro atoms. The first-order valence-corrected chi connectivity index (χ1v) is 13.9. The van der Waals surface area contributed by atoms with Gasteiger partial charge in [-0.05, 0) is 83.9 Å². The fraction of sp³-hybridized carbons (Fsp3) is 0.273. The van der Waals surface area contributed by atoms with Crippen molar-refractivity contribution in [2.45, 2.75) is 46.5 Å². The highest BCUT2D eigenvalue weighted by atomic mass is 32.1. The molecule has 0 radical (unpaired) electrons. The molecule has 0 saturated heterocycles. The third kappa shape index (κ3) is 5.30. The molecule has 3 aromatic rings. The van der Waals surface area contributed by atoms with E-state index in [2.05, 4.69) is 92.4 Å². The van der Waals surface area contributed by atoms with Crippen molar-refractivity contribution >= 4 is 28.8 Å². The second kappa shape index (κ2) is 10.7. The van der Waals surface area contributed by atoms with Gasteiger partial charge in [-0.15, -0.1) is 11.3 Å². The quantitative estimate of drug-likeness (QED) is 0.305. The third-order valence-electron chi connectivity index (χ3n) is 6.99. The van der Waals surface area contributed by atoms with E-state index in [1.165, 1.54) is 4.88 Å². The molecule has 1 aromatic heterocycles. The molecule has 2 heterocycles. The van der Waals surface area contributed by atoms with Crippen LogP contribution in [0.25, 0.3) is 16.5 Å². The maximum absolute atomic E-state index is 9.34. The lowest BCUT2D eigenvalue weighted by atomic mass is 9.74. The standard InChI is InChI=1S/C33H31N3OS/c1-4-5-16-36-28-8-6-7-9-30(28)37-31-18-24(11-14-29(31)36)32-15-13-27(38-32)12-10-23-17-25(26(21-34)22-35)20-33(2,3)19-23/h6-15,17-18H,4-5,16,19-20H2,1-3H3/b12-10+. The van der Waals surface area contributed by atoms with Crippen LogP contribution in [0.15, 0.2) is 83.5 Å². The fourth-order valence-electron chi connectivity index (χ4n) is 5.22. The number of unbranched alkanes of at least 4 members (excludes halogenated alkanes) is 1. The van der Waals surface area contributed by atoms with Gasteiger partial charge in [0.1, 0.15) is 17.7 Å². The summed E-state index contributed by atoms with van der Waals surface area (Å²) in [6.07, 6.45) is 10.2. The number of benzene rings is 2. The van der Waals surface area contributed by atoms with Gasteiger partial charge in [-0.25, -0.2) is 0 Å². The number of rotatable bonds is 6. The highest BCUT2D eigenvalue weighted by Crippen LogP contribution is 2.48. The summed E-state index contributed by atoms with van der Waals surface area (Å²) in [5.41, 5.74) is 5.58.